The van der Waals surface area contributed by atoms with E-state index in [0.29, 0.717) is 0 Å². The van der Waals surface area contributed by atoms with Crippen molar-refractivity contribution in [2.45, 2.75) is 33.2 Å². The molecule has 1 aromatic rings. The van der Waals surface area contributed by atoms with Gasteiger partial charge in [0.05, 0.1) is 6.61 Å². The fourth-order valence-corrected chi connectivity index (χ4v) is 0.897. The van der Waals surface area contributed by atoms with E-state index in [2.05, 4.69) is 0 Å². The van der Waals surface area contributed by atoms with E-state index in [4.69, 9.17) is 31.3 Å². The monoisotopic (exact) mass is 331 g/mol. The van der Waals surface area contributed by atoms with E-state index in [1.165, 1.54) is 12.1 Å². The second-order valence-corrected chi connectivity index (χ2v) is 5.20. The molecule has 0 aliphatic carbocycles. The number of aromatic hydroxyl groups is 2. The highest BCUT2D eigenvalue weighted by Gasteiger charge is 2.30. The van der Waals surface area contributed by atoms with Gasteiger partial charge >= 0.3 is 11.9 Å². The molecule has 1 aromatic carbocycles. The summed E-state index contributed by atoms with van der Waals surface area (Å²) >= 11 is 0. The number of para-hydroxylation sites is 2. The fraction of sp³-hybridized carbons (Fsp3) is 0.467. The molecule has 1 rings (SSSR count). The summed E-state index contributed by atoms with van der Waals surface area (Å²) in [5.41, 5.74) is 4.50. The Morgan fingerprint density at radius 2 is 1.48 bits per heavy atom. The largest absolute Gasteiger partial charge is 0.504 e. The van der Waals surface area contributed by atoms with Crippen molar-refractivity contribution in [2.24, 2.45) is 11.1 Å². The first-order valence-corrected chi connectivity index (χ1v) is 6.77. The molecule has 7 N–H and O–H groups in total. The van der Waals surface area contributed by atoms with Crippen molar-refractivity contribution in [3.63, 3.8) is 0 Å². The number of nitrogens with two attached hydrogens (primary N) is 1. The molecule has 1 unspecified atom stereocenters. The van der Waals surface area contributed by atoms with Gasteiger partial charge in [-0.15, -0.1) is 0 Å². The molecule has 8 nitrogen and oxygen atoms in total. The predicted molar refractivity (Wildman–Crippen MR) is 84.2 cm³/mol. The van der Waals surface area contributed by atoms with Crippen LogP contribution in [0.15, 0.2) is 24.3 Å². The Morgan fingerprint density at radius 3 is 1.61 bits per heavy atom. The van der Waals surface area contributed by atoms with Crippen molar-refractivity contribution >= 4 is 11.9 Å². The van der Waals surface area contributed by atoms with Crippen molar-refractivity contribution in [1.82, 2.24) is 0 Å². The SMILES string of the molecule is CC(C)(CO)C(N)C(=O)O.CCC(=O)O.Oc1ccccc1O. The molecule has 132 valence electrons. The normalized spacial score (nSPS) is 11.2. The summed E-state index contributed by atoms with van der Waals surface area (Å²) in [6.45, 7) is 4.58. The van der Waals surface area contributed by atoms with Gasteiger partial charge in [0.25, 0.3) is 0 Å². The van der Waals surface area contributed by atoms with Crippen LogP contribution in [0.5, 0.6) is 11.5 Å². The van der Waals surface area contributed by atoms with Gasteiger partial charge in [0.1, 0.15) is 6.04 Å². The molecule has 0 aliphatic heterocycles. The highest BCUT2D eigenvalue weighted by atomic mass is 16.4. The van der Waals surface area contributed by atoms with Gasteiger partial charge < -0.3 is 31.3 Å². The maximum absolute atomic E-state index is 10.3. The highest BCUT2D eigenvalue weighted by Crippen LogP contribution is 2.21. The van der Waals surface area contributed by atoms with E-state index in [-0.39, 0.29) is 24.5 Å². The van der Waals surface area contributed by atoms with Gasteiger partial charge in [0.15, 0.2) is 11.5 Å². The number of aliphatic hydroxyl groups excluding tert-OH is 1. The molecule has 0 spiro atoms. The second kappa shape index (κ2) is 11.3. The Labute approximate surface area is 134 Å². The average Bonchev–Trinajstić information content (AvgIpc) is 2.50. The fourth-order valence-electron chi connectivity index (χ4n) is 0.897. The minimum absolute atomic E-state index is 0.0764. The van der Waals surface area contributed by atoms with E-state index in [9.17, 15) is 9.59 Å². The Balaban J connectivity index is 0. The first-order valence-electron chi connectivity index (χ1n) is 6.77. The number of phenolic OH excluding ortho intramolecular Hbond substituents is 2. The Kier molecular flexibility index (Phi) is 11.3. The number of carbonyl (C=O) groups is 2. The summed E-state index contributed by atoms with van der Waals surface area (Å²) in [6, 6.07) is 5.15. The van der Waals surface area contributed by atoms with E-state index < -0.39 is 23.4 Å². The zero-order valence-corrected chi connectivity index (χ0v) is 13.4. The molecule has 0 fully saturated rings. The third-order valence-electron chi connectivity index (χ3n) is 2.70. The van der Waals surface area contributed by atoms with E-state index in [1.54, 1.807) is 32.9 Å². The molecule has 0 amide bonds. The van der Waals surface area contributed by atoms with Gasteiger partial charge in [-0.25, -0.2) is 0 Å². The minimum atomic E-state index is -1.08. The molecule has 0 aliphatic rings. The second-order valence-electron chi connectivity index (χ2n) is 5.20. The molecule has 0 saturated heterocycles. The first kappa shape index (κ1) is 23.0. The van der Waals surface area contributed by atoms with Crippen LogP contribution in [0.4, 0.5) is 0 Å². The zero-order valence-electron chi connectivity index (χ0n) is 13.4. The molecule has 23 heavy (non-hydrogen) atoms. The maximum Gasteiger partial charge on any atom is 0.321 e. The third-order valence-corrected chi connectivity index (χ3v) is 2.70. The van der Waals surface area contributed by atoms with Crippen molar-refractivity contribution < 1.29 is 35.1 Å². The molecule has 0 saturated carbocycles. The van der Waals surface area contributed by atoms with Crippen molar-refractivity contribution in [3.05, 3.63) is 24.3 Å². The van der Waals surface area contributed by atoms with Crippen LogP contribution in [0.1, 0.15) is 27.2 Å². The van der Waals surface area contributed by atoms with Crippen molar-refractivity contribution in [1.29, 1.82) is 0 Å². The molecule has 0 aromatic heterocycles. The number of rotatable bonds is 4. The first-order chi connectivity index (χ1) is 10.5. The lowest BCUT2D eigenvalue weighted by Gasteiger charge is -2.25. The topological polar surface area (TPSA) is 161 Å². The van der Waals surface area contributed by atoms with Gasteiger partial charge in [-0.2, -0.15) is 0 Å². The molecule has 0 heterocycles. The maximum atomic E-state index is 10.3. The number of aliphatic carboxylic acids is 2. The van der Waals surface area contributed by atoms with Gasteiger partial charge in [0.2, 0.25) is 0 Å². The summed E-state index contributed by atoms with van der Waals surface area (Å²) in [4.78, 5) is 19.6. The van der Waals surface area contributed by atoms with Crippen molar-refractivity contribution in [2.75, 3.05) is 6.61 Å². The van der Waals surface area contributed by atoms with Gasteiger partial charge in [0, 0.05) is 11.8 Å². The van der Waals surface area contributed by atoms with Crippen LogP contribution in [0.25, 0.3) is 0 Å². The summed E-state index contributed by atoms with van der Waals surface area (Å²) in [7, 11) is 0. The minimum Gasteiger partial charge on any atom is -0.504 e. The van der Waals surface area contributed by atoms with Crippen LogP contribution in [-0.4, -0.2) is 50.1 Å². The summed E-state index contributed by atoms with van der Waals surface area (Å²) < 4.78 is 0. The van der Waals surface area contributed by atoms with E-state index >= 15 is 0 Å². The summed E-state index contributed by atoms with van der Waals surface area (Å²) in [6.07, 6.45) is 0.222. The van der Waals surface area contributed by atoms with Crippen LogP contribution < -0.4 is 5.73 Å². The number of benzene rings is 1. The molecule has 0 bridgehead atoms. The third kappa shape index (κ3) is 11.0. The molecular formula is C15H25NO7. The van der Waals surface area contributed by atoms with Crippen LogP contribution in [0, 0.1) is 5.41 Å². The summed E-state index contributed by atoms with van der Waals surface area (Å²) in [5.74, 6) is -1.98. The van der Waals surface area contributed by atoms with Gasteiger partial charge in [-0.1, -0.05) is 32.9 Å². The molecule has 8 heteroatoms. The van der Waals surface area contributed by atoms with Crippen molar-refractivity contribution in [3.8, 4) is 11.5 Å². The Morgan fingerprint density at radius 1 is 1.13 bits per heavy atom. The molecule has 0 radical (unpaired) electrons. The molecular weight excluding hydrogens is 306 g/mol. The van der Waals surface area contributed by atoms with Gasteiger partial charge in [-0.05, 0) is 12.1 Å². The Bertz CT molecular complexity index is 467. The summed E-state index contributed by atoms with van der Waals surface area (Å²) in [5, 5.41) is 42.1. The number of phenols is 2. The van der Waals surface area contributed by atoms with E-state index in [1.807, 2.05) is 0 Å². The van der Waals surface area contributed by atoms with Gasteiger partial charge in [-0.3, -0.25) is 9.59 Å². The van der Waals surface area contributed by atoms with Crippen LogP contribution in [0.3, 0.4) is 0 Å². The number of carboxylic acids is 2. The lowest BCUT2D eigenvalue weighted by molar-refractivity contribution is -0.142. The highest BCUT2D eigenvalue weighted by molar-refractivity contribution is 5.74. The lowest BCUT2D eigenvalue weighted by Crippen LogP contribution is -2.45. The number of carboxylic acid groups (broad SMARTS) is 2. The standard InChI is InChI=1S/C6H13NO3.C6H6O2.C3H6O2/c1-6(2,3-8)4(7)5(9)10;7-5-3-1-2-4-6(5)8;1-2-3(4)5/h4,8H,3,7H2,1-2H3,(H,9,10);1-4,7-8H;2H2,1H3,(H,4,5). The van der Waals surface area contributed by atoms with Crippen LogP contribution >= 0.6 is 0 Å². The predicted octanol–water partition coefficient (Wildman–Crippen LogP) is 0.996. The van der Waals surface area contributed by atoms with Crippen LogP contribution in [-0.2, 0) is 9.59 Å². The average molecular weight is 331 g/mol. The smallest absolute Gasteiger partial charge is 0.321 e. The number of hydrogen-bond donors (Lipinski definition) is 6. The van der Waals surface area contributed by atoms with E-state index in [0.717, 1.165) is 0 Å². The zero-order chi connectivity index (χ0) is 18.6. The van der Waals surface area contributed by atoms with Crippen LogP contribution in [0.2, 0.25) is 0 Å². The quantitative estimate of drug-likeness (QED) is 0.445. The Hall–Kier alpha value is -2.32. The molecule has 1 atom stereocenters. The number of hydrogen-bond acceptors (Lipinski definition) is 6. The lowest BCUT2D eigenvalue weighted by atomic mass is 9.86. The number of aliphatic hydroxyl groups is 1.